The Morgan fingerprint density at radius 3 is 2.71 bits per heavy atom. The first-order valence-electron chi connectivity index (χ1n) is 6.43. The number of carbonyl (C=O) groups is 1. The molecule has 0 aliphatic rings. The Hall–Kier alpha value is -2.80. The second kappa shape index (κ2) is 7.71. The highest BCUT2D eigenvalue weighted by Crippen LogP contribution is 2.01. The van der Waals surface area contributed by atoms with E-state index in [9.17, 15) is 9.18 Å². The highest BCUT2D eigenvalue weighted by atomic mass is 19.1. The Labute approximate surface area is 122 Å². The quantitative estimate of drug-likeness (QED) is 0.879. The van der Waals surface area contributed by atoms with E-state index in [2.05, 4.69) is 17.2 Å². The maximum atomic E-state index is 12.9. The van der Waals surface area contributed by atoms with E-state index >= 15 is 0 Å². The number of hydrogen-bond donors (Lipinski definition) is 1. The average molecular weight is 283 g/mol. The standard InChI is InChI=1S/C17H14FNO2/c18-16-10-4-8-14(12-16)9-5-11-19-17(20)21-13-15-6-2-1-3-7-15/h1-4,6-8,10,12H,11,13H2,(H,19,20). The average Bonchev–Trinajstić information content (AvgIpc) is 2.51. The number of benzene rings is 2. The molecule has 0 atom stereocenters. The van der Waals surface area contributed by atoms with E-state index in [1.165, 1.54) is 12.1 Å². The number of hydrogen-bond acceptors (Lipinski definition) is 2. The maximum absolute atomic E-state index is 12.9. The molecule has 0 heterocycles. The zero-order valence-corrected chi connectivity index (χ0v) is 11.3. The van der Waals surface area contributed by atoms with Crippen LogP contribution in [0.5, 0.6) is 0 Å². The van der Waals surface area contributed by atoms with Gasteiger partial charge in [-0.15, -0.1) is 0 Å². The van der Waals surface area contributed by atoms with Gasteiger partial charge in [-0.1, -0.05) is 48.2 Å². The molecule has 0 aromatic heterocycles. The molecule has 0 saturated carbocycles. The number of amides is 1. The van der Waals surface area contributed by atoms with Gasteiger partial charge in [-0.05, 0) is 23.8 Å². The summed E-state index contributed by atoms with van der Waals surface area (Å²) in [5, 5.41) is 2.51. The van der Waals surface area contributed by atoms with Gasteiger partial charge in [0.05, 0.1) is 6.54 Å². The number of halogens is 1. The molecule has 0 bridgehead atoms. The van der Waals surface area contributed by atoms with Gasteiger partial charge in [0.1, 0.15) is 12.4 Å². The van der Waals surface area contributed by atoms with E-state index in [1.807, 2.05) is 30.3 Å². The SMILES string of the molecule is O=C(NCC#Cc1cccc(F)c1)OCc1ccccc1. The van der Waals surface area contributed by atoms with Gasteiger partial charge in [0.2, 0.25) is 0 Å². The second-order valence-electron chi connectivity index (χ2n) is 4.23. The van der Waals surface area contributed by atoms with Gasteiger partial charge in [0.15, 0.2) is 0 Å². The first-order valence-corrected chi connectivity index (χ1v) is 6.43. The highest BCUT2D eigenvalue weighted by molar-refractivity contribution is 5.67. The molecule has 0 fully saturated rings. The van der Waals surface area contributed by atoms with Crippen molar-refractivity contribution in [2.24, 2.45) is 0 Å². The molecular formula is C17H14FNO2. The van der Waals surface area contributed by atoms with Crippen LogP contribution in [0.15, 0.2) is 54.6 Å². The van der Waals surface area contributed by atoms with Gasteiger partial charge in [-0.3, -0.25) is 0 Å². The van der Waals surface area contributed by atoms with Gasteiger partial charge in [-0.2, -0.15) is 0 Å². The van der Waals surface area contributed by atoms with E-state index in [-0.39, 0.29) is 19.0 Å². The Morgan fingerprint density at radius 2 is 1.95 bits per heavy atom. The molecule has 1 amide bonds. The summed E-state index contributed by atoms with van der Waals surface area (Å²) in [4.78, 5) is 11.4. The van der Waals surface area contributed by atoms with E-state index in [4.69, 9.17) is 4.74 Å². The van der Waals surface area contributed by atoms with E-state index in [0.29, 0.717) is 5.56 Å². The van der Waals surface area contributed by atoms with Crippen LogP contribution in [-0.2, 0) is 11.3 Å². The molecule has 21 heavy (non-hydrogen) atoms. The third-order valence-electron chi connectivity index (χ3n) is 2.59. The van der Waals surface area contributed by atoms with Crippen LogP contribution in [0, 0.1) is 17.7 Å². The summed E-state index contributed by atoms with van der Waals surface area (Å²) >= 11 is 0. The van der Waals surface area contributed by atoms with Crippen LogP contribution in [0.2, 0.25) is 0 Å². The highest BCUT2D eigenvalue weighted by Gasteiger charge is 2.00. The molecule has 1 N–H and O–H groups in total. The third kappa shape index (κ3) is 5.37. The predicted octanol–water partition coefficient (Wildman–Crippen LogP) is 3.10. The summed E-state index contributed by atoms with van der Waals surface area (Å²) in [7, 11) is 0. The van der Waals surface area contributed by atoms with Gasteiger partial charge < -0.3 is 10.1 Å². The molecule has 4 heteroatoms. The molecule has 0 spiro atoms. The Morgan fingerprint density at radius 1 is 1.14 bits per heavy atom. The monoisotopic (exact) mass is 283 g/mol. The normalized spacial score (nSPS) is 9.38. The lowest BCUT2D eigenvalue weighted by atomic mass is 10.2. The van der Waals surface area contributed by atoms with Crippen LogP contribution in [0.25, 0.3) is 0 Å². The number of alkyl carbamates (subject to hydrolysis) is 1. The summed E-state index contributed by atoms with van der Waals surface area (Å²) in [5.41, 5.74) is 1.48. The molecule has 2 aromatic rings. The first kappa shape index (κ1) is 14.6. The van der Waals surface area contributed by atoms with E-state index in [1.54, 1.807) is 12.1 Å². The van der Waals surface area contributed by atoms with Crippen molar-refractivity contribution in [2.75, 3.05) is 6.54 Å². The lowest BCUT2D eigenvalue weighted by Gasteiger charge is -2.04. The molecule has 0 radical (unpaired) electrons. The molecule has 0 saturated heterocycles. The molecule has 0 aliphatic heterocycles. The summed E-state index contributed by atoms with van der Waals surface area (Å²) in [6.45, 7) is 0.355. The number of carbonyl (C=O) groups excluding carboxylic acids is 1. The minimum Gasteiger partial charge on any atom is -0.445 e. The number of ether oxygens (including phenoxy) is 1. The molecule has 2 rings (SSSR count). The fourth-order valence-corrected chi connectivity index (χ4v) is 1.60. The maximum Gasteiger partial charge on any atom is 0.408 e. The van der Waals surface area contributed by atoms with Crippen molar-refractivity contribution in [1.29, 1.82) is 0 Å². The zero-order chi connectivity index (χ0) is 14.9. The molecule has 106 valence electrons. The predicted molar refractivity (Wildman–Crippen MR) is 77.9 cm³/mol. The van der Waals surface area contributed by atoms with Crippen LogP contribution in [0.1, 0.15) is 11.1 Å². The number of rotatable bonds is 3. The molecule has 3 nitrogen and oxygen atoms in total. The third-order valence-corrected chi connectivity index (χ3v) is 2.59. The lowest BCUT2D eigenvalue weighted by Crippen LogP contribution is -2.24. The van der Waals surface area contributed by atoms with Crippen LogP contribution in [-0.4, -0.2) is 12.6 Å². The number of nitrogens with one attached hydrogen (secondary N) is 1. The van der Waals surface area contributed by atoms with Gasteiger partial charge in [0.25, 0.3) is 0 Å². The van der Waals surface area contributed by atoms with Gasteiger partial charge in [0, 0.05) is 5.56 Å². The zero-order valence-electron chi connectivity index (χ0n) is 11.3. The van der Waals surface area contributed by atoms with Crippen molar-refractivity contribution >= 4 is 6.09 Å². The Kier molecular flexibility index (Phi) is 5.36. The minimum atomic E-state index is -0.535. The second-order valence-corrected chi connectivity index (χ2v) is 4.23. The lowest BCUT2D eigenvalue weighted by molar-refractivity contribution is 0.141. The van der Waals surface area contributed by atoms with Gasteiger partial charge in [-0.25, -0.2) is 9.18 Å². The van der Waals surface area contributed by atoms with Crippen molar-refractivity contribution in [1.82, 2.24) is 5.32 Å². The Balaban J connectivity index is 1.72. The van der Waals surface area contributed by atoms with Crippen LogP contribution >= 0.6 is 0 Å². The molecular weight excluding hydrogens is 269 g/mol. The largest absolute Gasteiger partial charge is 0.445 e. The fourth-order valence-electron chi connectivity index (χ4n) is 1.60. The smallest absolute Gasteiger partial charge is 0.408 e. The van der Waals surface area contributed by atoms with Crippen LogP contribution < -0.4 is 5.32 Å². The van der Waals surface area contributed by atoms with Gasteiger partial charge >= 0.3 is 6.09 Å². The summed E-state index contributed by atoms with van der Waals surface area (Å²) in [5.74, 6) is 5.15. The summed E-state index contributed by atoms with van der Waals surface area (Å²) in [6, 6.07) is 15.4. The van der Waals surface area contributed by atoms with Crippen molar-refractivity contribution in [3.05, 3.63) is 71.5 Å². The minimum absolute atomic E-state index is 0.143. The van der Waals surface area contributed by atoms with Crippen molar-refractivity contribution in [3.8, 4) is 11.8 Å². The van der Waals surface area contributed by atoms with E-state index in [0.717, 1.165) is 5.56 Å². The van der Waals surface area contributed by atoms with Crippen molar-refractivity contribution in [3.63, 3.8) is 0 Å². The van der Waals surface area contributed by atoms with Crippen molar-refractivity contribution in [2.45, 2.75) is 6.61 Å². The van der Waals surface area contributed by atoms with Crippen LogP contribution in [0.3, 0.4) is 0 Å². The first-order chi connectivity index (χ1) is 10.2. The van der Waals surface area contributed by atoms with Crippen molar-refractivity contribution < 1.29 is 13.9 Å². The van der Waals surface area contributed by atoms with Crippen LogP contribution in [0.4, 0.5) is 9.18 Å². The molecule has 2 aromatic carbocycles. The summed E-state index contributed by atoms with van der Waals surface area (Å²) in [6.07, 6.45) is -0.535. The Bertz CT molecular complexity index is 659. The fraction of sp³-hybridized carbons (Fsp3) is 0.118. The topological polar surface area (TPSA) is 38.3 Å². The van der Waals surface area contributed by atoms with E-state index < -0.39 is 6.09 Å². The molecule has 0 unspecified atom stereocenters. The molecule has 0 aliphatic carbocycles. The summed E-state index contributed by atoms with van der Waals surface area (Å²) < 4.78 is 17.9.